The van der Waals surface area contributed by atoms with Crippen LogP contribution < -0.4 is 0 Å². The smallest absolute Gasteiger partial charge is 0.133 e. The van der Waals surface area contributed by atoms with E-state index < -0.39 is 5.92 Å². The summed E-state index contributed by atoms with van der Waals surface area (Å²) in [6.07, 6.45) is 1.62. The molecule has 0 atom stereocenters. The molecule has 0 aliphatic carbocycles. The second-order valence-electron chi connectivity index (χ2n) is 3.91. The Kier molecular flexibility index (Phi) is 3.61. The molecule has 0 N–H and O–H groups in total. The van der Waals surface area contributed by atoms with Crippen LogP contribution in [0.5, 0.6) is 0 Å². The van der Waals surface area contributed by atoms with Crippen LogP contribution in [0.4, 0.5) is 0 Å². The first kappa shape index (κ1) is 9.98. The maximum atomic E-state index is 8.45. The minimum Gasteiger partial charge on any atom is -0.197 e. The van der Waals surface area contributed by atoms with Gasteiger partial charge in [-0.15, -0.1) is 0 Å². The molecule has 0 rings (SSSR count). The molecule has 0 bridgehead atoms. The van der Waals surface area contributed by atoms with Gasteiger partial charge in [-0.1, -0.05) is 20.8 Å². The zero-order chi connectivity index (χ0) is 8.91. The van der Waals surface area contributed by atoms with E-state index in [1.54, 1.807) is 0 Å². The van der Waals surface area contributed by atoms with Gasteiger partial charge in [-0.05, 0) is 18.3 Å². The summed E-state index contributed by atoms with van der Waals surface area (Å²) in [6.45, 7) is 6.33. The Hall–Kier alpha value is -1.02. The van der Waals surface area contributed by atoms with Gasteiger partial charge < -0.3 is 0 Å². The third-order valence-corrected chi connectivity index (χ3v) is 1.49. The molecule has 0 amide bonds. The number of hydrogen-bond donors (Lipinski definition) is 0. The SMILES string of the molecule is CC(C)(C)CCC(C#N)C#N. The van der Waals surface area contributed by atoms with Crippen LogP contribution in [-0.4, -0.2) is 0 Å². The summed E-state index contributed by atoms with van der Waals surface area (Å²) in [5.74, 6) is -0.422. The monoisotopic (exact) mass is 150 g/mol. The summed E-state index contributed by atoms with van der Waals surface area (Å²) >= 11 is 0. The first-order valence-corrected chi connectivity index (χ1v) is 3.79. The van der Waals surface area contributed by atoms with Gasteiger partial charge in [-0.3, -0.25) is 0 Å². The standard InChI is InChI=1S/C9H14N2/c1-9(2,3)5-4-8(6-10)7-11/h8H,4-5H2,1-3H3. The lowest BCUT2D eigenvalue weighted by atomic mass is 9.87. The van der Waals surface area contributed by atoms with Crippen LogP contribution >= 0.6 is 0 Å². The molecular weight excluding hydrogens is 136 g/mol. The molecule has 0 aliphatic heterocycles. The van der Waals surface area contributed by atoms with Gasteiger partial charge in [0, 0.05) is 0 Å². The molecule has 0 aromatic rings. The van der Waals surface area contributed by atoms with E-state index in [1.807, 2.05) is 12.1 Å². The van der Waals surface area contributed by atoms with Crippen LogP contribution in [0.2, 0.25) is 0 Å². The Balaban J connectivity index is 3.74. The van der Waals surface area contributed by atoms with Crippen LogP contribution in [0, 0.1) is 34.0 Å². The molecule has 0 radical (unpaired) electrons. The van der Waals surface area contributed by atoms with Crippen LogP contribution in [-0.2, 0) is 0 Å². The van der Waals surface area contributed by atoms with E-state index in [0.29, 0.717) is 6.42 Å². The first-order chi connectivity index (χ1) is 4.99. The van der Waals surface area contributed by atoms with Crippen molar-refractivity contribution in [2.45, 2.75) is 33.6 Å². The molecule has 0 aliphatic rings. The van der Waals surface area contributed by atoms with Crippen LogP contribution in [0.25, 0.3) is 0 Å². The summed E-state index contributed by atoms with van der Waals surface area (Å²) in [4.78, 5) is 0. The van der Waals surface area contributed by atoms with Gasteiger partial charge in [0.15, 0.2) is 0 Å². The Morgan fingerprint density at radius 2 is 1.64 bits per heavy atom. The van der Waals surface area contributed by atoms with E-state index in [4.69, 9.17) is 10.5 Å². The normalized spacial score (nSPS) is 10.7. The van der Waals surface area contributed by atoms with Crippen molar-refractivity contribution in [2.24, 2.45) is 11.3 Å². The van der Waals surface area contributed by atoms with Gasteiger partial charge >= 0.3 is 0 Å². The fraction of sp³-hybridized carbons (Fsp3) is 0.778. The largest absolute Gasteiger partial charge is 0.197 e. The molecule has 0 spiro atoms. The second-order valence-corrected chi connectivity index (χ2v) is 3.91. The van der Waals surface area contributed by atoms with E-state index in [2.05, 4.69) is 20.8 Å². The average molecular weight is 150 g/mol. The third kappa shape index (κ3) is 5.43. The van der Waals surface area contributed by atoms with Crippen molar-refractivity contribution in [3.8, 4) is 12.1 Å². The van der Waals surface area contributed by atoms with Crippen LogP contribution in [0.1, 0.15) is 33.6 Å². The highest BCUT2D eigenvalue weighted by molar-refractivity contribution is 4.98. The molecule has 0 aromatic heterocycles. The van der Waals surface area contributed by atoms with E-state index in [0.717, 1.165) is 6.42 Å². The van der Waals surface area contributed by atoms with E-state index in [1.165, 1.54) is 0 Å². The fourth-order valence-corrected chi connectivity index (χ4v) is 0.735. The van der Waals surface area contributed by atoms with Crippen molar-refractivity contribution in [3.05, 3.63) is 0 Å². The summed E-state index contributed by atoms with van der Waals surface area (Å²) in [5, 5.41) is 16.9. The topological polar surface area (TPSA) is 47.6 Å². The Morgan fingerprint density at radius 3 is 1.91 bits per heavy atom. The van der Waals surface area contributed by atoms with E-state index >= 15 is 0 Å². The molecule has 0 aromatic carbocycles. The van der Waals surface area contributed by atoms with E-state index in [-0.39, 0.29) is 5.41 Å². The maximum absolute atomic E-state index is 8.45. The number of nitriles is 2. The lowest BCUT2D eigenvalue weighted by molar-refractivity contribution is 0.356. The number of hydrogen-bond acceptors (Lipinski definition) is 2. The Labute approximate surface area is 68.4 Å². The summed E-state index contributed by atoms with van der Waals surface area (Å²) in [7, 11) is 0. The quantitative estimate of drug-likeness (QED) is 0.607. The minimum atomic E-state index is -0.422. The molecule has 2 nitrogen and oxygen atoms in total. The van der Waals surface area contributed by atoms with Gasteiger partial charge in [0.2, 0.25) is 0 Å². The molecule has 0 saturated carbocycles. The molecule has 11 heavy (non-hydrogen) atoms. The van der Waals surface area contributed by atoms with Gasteiger partial charge in [0.25, 0.3) is 0 Å². The first-order valence-electron chi connectivity index (χ1n) is 3.79. The third-order valence-electron chi connectivity index (χ3n) is 1.49. The maximum Gasteiger partial charge on any atom is 0.133 e. The van der Waals surface area contributed by atoms with Crippen LogP contribution in [0.3, 0.4) is 0 Å². The van der Waals surface area contributed by atoms with Crippen molar-refractivity contribution >= 4 is 0 Å². The van der Waals surface area contributed by atoms with Crippen molar-refractivity contribution in [1.82, 2.24) is 0 Å². The lowest BCUT2D eigenvalue weighted by Gasteiger charge is -2.17. The average Bonchev–Trinajstić information content (AvgIpc) is 1.88. The highest BCUT2D eigenvalue weighted by Crippen LogP contribution is 2.22. The van der Waals surface area contributed by atoms with E-state index in [9.17, 15) is 0 Å². The zero-order valence-electron chi connectivity index (χ0n) is 7.39. The van der Waals surface area contributed by atoms with Crippen molar-refractivity contribution in [2.75, 3.05) is 0 Å². The molecular formula is C9H14N2. The lowest BCUT2D eigenvalue weighted by Crippen LogP contribution is -2.07. The van der Waals surface area contributed by atoms with Crippen molar-refractivity contribution in [3.63, 3.8) is 0 Å². The van der Waals surface area contributed by atoms with Gasteiger partial charge in [0.1, 0.15) is 5.92 Å². The second kappa shape index (κ2) is 3.98. The number of nitrogens with zero attached hydrogens (tertiary/aromatic N) is 2. The van der Waals surface area contributed by atoms with Crippen molar-refractivity contribution < 1.29 is 0 Å². The predicted molar refractivity (Wildman–Crippen MR) is 43.4 cm³/mol. The Morgan fingerprint density at radius 1 is 1.18 bits per heavy atom. The highest BCUT2D eigenvalue weighted by Gasteiger charge is 2.13. The van der Waals surface area contributed by atoms with Gasteiger partial charge in [-0.25, -0.2) is 0 Å². The number of rotatable bonds is 2. The summed E-state index contributed by atoms with van der Waals surface area (Å²) in [5.41, 5.74) is 0.228. The molecule has 2 heteroatoms. The summed E-state index contributed by atoms with van der Waals surface area (Å²) < 4.78 is 0. The van der Waals surface area contributed by atoms with Crippen molar-refractivity contribution in [1.29, 1.82) is 10.5 Å². The fourth-order valence-electron chi connectivity index (χ4n) is 0.735. The predicted octanol–water partition coefficient (Wildman–Crippen LogP) is 2.48. The minimum absolute atomic E-state index is 0.228. The van der Waals surface area contributed by atoms with Gasteiger partial charge in [0.05, 0.1) is 12.1 Å². The summed E-state index contributed by atoms with van der Waals surface area (Å²) in [6, 6.07) is 3.93. The van der Waals surface area contributed by atoms with Gasteiger partial charge in [-0.2, -0.15) is 10.5 Å². The molecule has 0 heterocycles. The molecule has 0 unspecified atom stereocenters. The molecule has 0 fully saturated rings. The molecule has 0 saturated heterocycles. The van der Waals surface area contributed by atoms with Crippen LogP contribution in [0.15, 0.2) is 0 Å². The molecule has 60 valence electrons. The highest BCUT2D eigenvalue weighted by atomic mass is 14.3. The zero-order valence-corrected chi connectivity index (χ0v) is 7.39. The Bertz CT molecular complexity index is 173.